The maximum Gasteiger partial charge on any atom is 0.0393 e. The van der Waals surface area contributed by atoms with Crippen molar-refractivity contribution >= 4 is 16.5 Å². The molecule has 0 radical (unpaired) electrons. The number of nitrogen functional groups attached to an aromatic ring is 1. The van der Waals surface area contributed by atoms with Crippen molar-refractivity contribution in [3.63, 3.8) is 0 Å². The summed E-state index contributed by atoms with van der Waals surface area (Å²) in [6.07, 6.45) is 4.06. The summed E-state index contributed by atoms with van der Waals surface area (Å²) in [6.45, 7) is 0. The van der Waals surface area contributed by atoms with Crippen LogP contribution in [0, 0.1) is 0 Å². The summed E-state index contributed by atoms with van der Waals surface area (Å²) >= 11 is 0. The minimum atomic E-state index is 0.774. The molecule has 0 aliphatic heterocycles. The Kier molecular flexibility index (Phi) is 1.91. The fourth-order valence-electron chi connectivity index (χ4n) is 2.43. The van der Waals surface area contributed by atoms with Crippen LogP contribution in [0.1, 0.15) is 30.7 Å². The van der Waals surface area contributed by atoms with Gasteiger partial charge in [0, 0.05) is 11.1 Å². The van der Waals surface area contributed by atoms with Crippen LogP contribution in [0.4, 0.5) is 5.69 Å². The van der Waals surface area contributed by atoms with E-state index in [2.05, 4.69) is 30.3 Å². The van der Waals surface area contributed by atoms with Crippen molar-refractivity contribution in [2.75, 3.05) is 5.73 Å². The van der Waals surface area contributed by atoms with Crippen LogP contribution in [0.25, 0.3) is 10.8 Å². The molecule has 0 bridgehead atoms. The van der Waals surface area contributed by atoms with Crippen molar-refractivity contribution < 1.29 is 0 Å². The molecule has 1 fully saturated rings. The third-order valence-electron chi connectivity index (χ3n) is 3.53. The molecule has 1 aliphatic rings. The maximum atomic E-state index is 5.98. The van der Waals surface area contributed by atoms with Crippen LogP contribution in [-0.2, 0) is 0 Å². The predicted molar refractivity (Wildman–Crippen MR) is 65.0 cm³/mol. The monoisotopic (exact) mass is 197 g/mol. The molecule has 0 spiro atoms. The third kappa shape index (κ3) is 1.30. The molecule has 15 heavy (non-hydrogen) atoms. The molecule has 1 saturated carbocycles. The quantitative estimate of drug-likeness (QED) is 0.693. The fourth-order valence-corrected chi connectivity index (χ4v) is 2.43. The lowest BCUT2D eigenvalue weighted by Gasteiger charge is -2.27. The smallest absolute Gasteiger partial charge is 0.0393 e. The van der Waals surface area contributed by atoms with Crippen molar-refractivity contribution in [1.29, 1.82) is 0 Å². The molecular formula is C14H15N. The van der Waals surface area contributed by atoms with Gasteiger partial charge in [0.1, 0.15) is 0 Å². The van der Waals surface area contributed by atoms with Crippen molar-refractivity contribution in [3.8, 4) is 0 Å². The number of rotatable bonds is 1. The first kappa shape index (κ1) is 8.78. The molecular weight excluding hydrogens is 182 g/mol. The molecule has 2 N–H and O–H groups in total. The molecule has 0 unspecified atom stereocenters. The molecule has 1 nitrogen and oxygen atoms in total. The van der Waals surface area contributed by atoms with Crippen molar-refractivity contribution in [2.45, 2.75) is 25.2 Å². The minimum absolute atomic E-state index is 0.774. The fraction of sp³-hybridized carbons (Fsp3) is 0.286. The zero-order valence-electron chi connectivity index (χ0n) is 8.74. The highest BCUT2D eigenvalue weighted by molar-refractivity contribution is 5.95. The highest BCUT2D eigenvalue weighted by Gasteiger charge is 2.21. The van der Waals surface area contributed by atoms with Gasteiger partial charge < -0.3 is 5.73 Å². The van der Waals surface area contributed by atoms with Gasteiger partial charge in [-0.3, -0.25) is 0 Å². The second-order valence-electron chi connectivity index (χ2n) is 4.42. The first-order chi connectivity index (χ1) is 7.36. The molecule has 0 saturated heterocycles. The van der Waals surface area contributed by atoms with E-state index in [0.717, 1.165) is 11.6 Å². The molecule has 0 amide bonds. The van der Waals surface area contributed by atoms with Gasteiger partial charge in [0.05, 0.1) is 0 Å². The van der Waals surface area contributed by atoms with Crippen molar-refractivity contribution in [3.05, 3.63) is 42.0 Å². The lowest BCUT2D eigenvalue weighted by molar-refractivity contribution is 0.422. The van der Waals surface area contributed by atoms with Crippen LogP contribution in [-0.4, -0.2) is 0 Å². The lowest BCUT2D eigenvalue weighted by Crippen LogP contribution is -2.09. The van der Waals surface area contributed by atoms with E-state index >= 15 is 0 Å². The summed E-state index contributed by atoms with van der Waals surface area (Å²) in [5.74, 6) is 0.774. The SMILES string of the molecule is Nc1cccc2c(C3CCC3)cccc12. The number of benzene rings is 2. The molecule has 0 aromatic heterocycles. The average Bonchev–Trinajstić information content (AvgIpc) is 2.17. The number of nitrogens with two attached hydrogens (primary N) is 1. The highest BCUT2D eigenvalue weighted by Crippen LogP contribution is 2.40. The van der Waals surface area contributed by atoms with Crippen molar-refractivity contribution in [2.24, 2.45) is 0 Å². The minimum Gasteiger partial charge on any atom is -0.398 e. The molecule has 0 heterocycles. The summed E-state index contributed by atoms with van der Waals surface area (Å²) in [7, 11) is 0. The zero-order valence-corrected chi connectivity index (χ0v) is 8.74. The van der Waals surface area contributed by atoms with Gasteiger partial charge in [0.2, 0.25) is 0 Å². The normalized spacial score (nSPS) is 16.5. The molecule has 2 aromatic rings. The number of hydrogen-bond acceptors (Lipinski definition) is 1. The summed E-state index contributed by atoms with van der Waals surface area (Å²) in [5, 5.41) is 2.56. The van der Waals surface area contributed by atoms with Crippen LogP contribution in [0.5, 0.6) is 0 Å². The van der Waals surface area contributed by atoms with Gasteiger partial charge in [-0.2, -0.15) is 0 Å². The topological polar surface area (TPSA) is 26.0 Å². The zero-order chi connectivity index (χ0) is 10.3. The van der Waals surface area contributed by atoms with E-state index in [1.807, 2.05) is 6.07 Å². The molecule has 0 atom stereocenters. The highest BCUT2D eigenvalue weighted by atomic mass is 14.5. The van der Waals surface area contributed by atoms with E-state index in [-0.39, 0.29) is 0 Å². The first-order valence-corrected chi connectivity index (χ1v) is 5.63. The molecule has 1 aliphatic carbocycles. The Labute approximate surface area is 89.9 Å². The van der Waals surface area contributed by atoms with Crippen LogP contribution < -0.4 is 5.73 Å². The number of anilines is 1. The Morgan fingerprint density at radius 1 is 0.933 bits per heavy atom. The van der Waals surface area contributed by atoms with Gasteiger partial charge in [-0.1, -0.05) is 36.8 Å². The van der Waals surface area contributed by atoms with Crippen LogP contribution in [0.2, 0.25) is 0 Å². The molecule has 1 heteroatoms. The third-order valence-corrected chi connectivity index (χ3v) is 3.53. The lowest BCUT2D eigenvalue weighted by atomic mass is 9.78. The number of fused-ring (bicyclic) bond motifs is 1. The van der Waals surface area contributed by atoms with E-state index in [1.165, 1.54) is 35.6 Å². The molecule has 2 aromatic carbocycles. The van der Waals surface area contributed by atoms with Gasteiger partial charge in [-0.05, 0) is 35.8 Å². The van der Waals surface area contributed by atoms with Crippen LogP contribution >= 0.6 is 0 Å². The Balaban J connectivity index is 2.25. The van der Waals surface area contributed by atoms with Gasteiger partial charge in [0.15, 0.2) is 0 Å². The van der Waals surface area contributed by atoms with Gasteiger partial charge >= 0.3 is 0 Å². The Morgan fingerprint density at radius 3 is 2.40 bits per heavy atom. The van der Waals surface area contributed by atoms with Gasteiger partial charge in [-0.25, -0.2) is 0 Å². The predicted octanol–water partition coefficient (Wildman–Crippen LogP) is 3.69. The maximum absolute atomic E-state index is 5.98. The van der Waals surface area contributed by atoms with Crippen LogP contribution in [0.15, 0.2) is 36.4 Å². The summed E-state index contributed by atoms with van der Waals surface area (Å²) in [6, 6.07) is 12.7. The Morgan fingerprint density at radius 2 is 1.67 bits per heavy atom. The Hall–Kier alpha value is -1.50. The van der Waals surface area contributed by atoms with Gasteiger partial charge in [-0.15, -0.1) is 0 Å². The van der Waals surface area contributed by atoms with Crippen molar-refractivity contribution in [1.82, 2.24) is 0 Å². The second kappa shape index (κ2) is 3.27. The van der Waals surface area contributed by atoms with Gasteiger partial charge in [0.25, 0.3) is 0 Å². The number of hydrogen-bond donors (Lipinski definition) is 1. The second-order valence-corrected chi connectivity index (χ2v) is 4.42. The van der Waals surface area contributed by atoms with E-state index in [9.17, 15) is 0 Å². The Bertz CT molecular complexity index is 498. The summed E-state index contributed by atoms with van der Waals surface area (Å²) in [5.41, 5.74) is 8.37. The molecule has 76 valence electrons. The summed E-state index contributed by atoms with van der Waals surface area (Å²) in [4.78, 5) is 0. The standard InChI is InChI=1S/C14H15N/c15-14-9-3-7-12-11(10-4-1-5-10)6-2-8-13(12)14/h2-3,6-10H,1,4-5,15H2. The largest absolute Gasteiger partial charge is 0.398 e. The van der Waals surface area contributed by atoms with E-state index < -0.39 is 0 Å². The van der Waals surface area contributed by atoms with E-state index in [1.54, 1.807) is 0 Å². The molecule has 3 rings (SSSR count). The van der Waals surface area contributed by atoms with E-state index in [0.29, 0.717) is 0 Å². The van der Waals surface area contributed by atoms with Crippen LogP contribution in [0.3, 0.4) is 0 Å². The first-order valence-electron chi connectivity index (χ1n) is 5.63. The summed E-state index contributed by atoms with van der Waals surface area (Å²) < 4.78 is 0. The van der Waals surface area contributed by atoms with E-state index in [4.69, 9.17) is 5.73 Å². The average molecular weight is 197 g/mol.